The molecule has 3 aromatic rings. The van der Waals surface area contributed by atoms with Gasteiger partial charge in [0.2, 0.25) is 0 Å². The molecule has 1 aliphatic heterocycles. The van der Waals surface area contributed by atoms with Crippen molar-refractivity contribution in [3.8, 4) is 11.5 Å². The zero-order chi connectivity index (χ0) is 27.1. The van der Waals surface area contributed by atoms with Gasteiger partial charge in [-0.25, -0.2) is 0 Å². The molecule has 0 aromatic heterocycles. The smallest absolute Gasteiger partial charge is 0.257 e. The van der Waals surface area contributed by atoms with Crippen molar-refractivity contribution in [2.45, 2.75) is 51.9 Å². The van der Waals surface area contributed by atoms with Crippen molar-refractivity contribution in [2.24, 2.45) is 0 Å². The lowest BCUT2D eigenvalue weighted by molar-refractivity contribution is 0.0977. The minimum Gasteiger partial charge on any atom is -0.494 e. The van der Waals surface area contributed by atoms with Gasteiger partial charge >= 0.3 is 0 Å². The summed E-state index contributed by atoms with van der Waals surface area (Å²) in [5.74, 6) is 1.52. The van der Waals surface area contributed by atoms with E-state index in [4.69, 9.17) is 33.3 Å². The molecule has 7 heteroatoms. The molecule has 1 amide bonds. The standard InChI is InChI=1S/C31H35ClN2O3S/c1-31(2,3)23-12-10-22(11-13-23)29(35)33-30(38)34-19-18-26-27(34)8-7-9-28(26)37-21-6-4-5-20-36-25-16-14-24(32)15-17-25/h7-17H,4-6,18-21H2,1-3H3,(H,33,35,38). The van der Waals surface area contributed by atoms with Crippen LogP contribution in [0.15, 0.2) is 66.7 Å². The molecule has 0 radical (unpaired) electrons. The fraction of sp³-hybridized carbons (Fsp3) is 0.355. The summed E-state index contributed by atoms with van der Waals surface area (Å²) in [5.41, 5.74) is 3.94. The molecule has 1 N–H and O–H groups in total. The molecule has 38 heavy (non-hydrogen) atoms. The highest BCUT2D eigenvalue weighted by atomic mass is 35.5. The van der Waals surface area contributed by atoms with Crippen LogP contribution in [0.1, 0.15) is 61.5 Å². The molecule has 0 spiro atoms. The molecular weight excluding hydrogens is 516 g/mol. The molecule has 0 saturated carbocycles. The third-order valence-electron chi connectivity index (χ3n) is 6.59. The third kappa shape index (κ3) is 7.27. The van der Waals surface area contributed by atoms with Crippen LogP contribution >= 0.6 is 23.8 Å². The first-order chi connectivity index (χ1) is 18.2. The van der Waals surface area contributed by atoms with Gasteiger partial charge < -0.3 is 14.4 Å². The van der Waals surface area contributed by atoms with Crippen molar-refractivity contribution in [1.29, 1.82) is 0 Å². The van der Waals surface area contributed by atoms with E-state index >= 15 is 0 Å². The Kier molecular flexibility index (Phi) is 9.29. The maximum Gasteiger partial charge on any atom is 0.257 e. The van der Waals surface area contributed by atoms with Crippen LogP contribution in [0.3, 0.4) is 0 Å². The molecule has 4 rings (SSSR count). The number of nitrogens with zero attached hydrogens (tertiary/aromatic N) is 1. The van der Waals surface area contributed by atoms with E-state index in [-0.39, 0.29) is 11.3 Å². The summed E-state index contributed by atoms with van der Waals surface area (Å²) in [5, 5.41) is 4.02. The fourth-order valence-corrected chi connectivity index (χ4v) is 4.80. The first-order valence-electron chi connectivity index (χ1n) is 13.1. The second-order valence-electron chi connectivity index (χ2n) is 10.5. The van der Waals surface area contributed by atoms with Gasteiger partial charge in [0, 0.05) is 22.7 Å². The topological polar surface area (TPSA) is 50.8 Å². The number of nitrogens with one attached hydrogen (secondary N) is 1. The van der Waals surface area contributed by atoms with Gasteiger partial charge in [-0.05, 0) is 97.4 Å². The lowest BCUT2D eigenvalue weighted by Gasteiger charge is -2.21. The predicted molar refractivity (Wildman–Crippen MR) is 159 cm³/mol. The quantitative estimate of drug-likeness (QED) is 0.223. The van der Waals surface area contributed by atoms with E-state index in [1.165, 1.54) is 5.56 Å². The molecule has 0 aliphatic carbocycles. The molecule has 1 aliphatic rings. The van der Waals surface area contributed by atoms with Crippen molar-refractivity contribution in [1.82, 2.24) is 5.32 Å². The van der Waals surface area contributed by atoms with Crippen molar-refractivity contribution < 1.29 is 14.3 Å². The number of hydrogen-bond donors (Lipinski definition) is 1. The zero-order valence-electron chi connectivity index (χ0n) is 22.3. The lowest BCUT2D eigenvalue weighted by Crippen LogP contribution is -2.42. The third-order valence-corrected chi connectivity index (χ3v) is 7.17. The minimum absolute atomic E-state index is 0.0375. The summed E-state index contributed by atoms with van der Waals surface area (Å²) >= 11 is 11.5. The Labute approximate surface area is 236 Å². The first-order valence-corrected chi connectivity index (χ1v) is 13.9. The molecule has 0 saturated heterocycles. The number of unbranched alkanes of at least 4 members (excludes halogenated alkanes) is 2. The Morgan fingerprint density at radius 1 is 0.947 bits per heavy atom. The highest BCUT2D eigenvalue weighted by Crippen LogP contribution is 2.35. The van der Waals surface area contributed by atoms with Gasteiger partial charge in [0.1, 0.15) is 11.5 Å². The Morgan fingerprint density at radius 2 is 1.63 bits per heavy atom. The number of benzene rings is 3. The van der Waals surface area contributed by atoms with Crippen LogP contribution in [0, 0.1) is 0 Å². The van der Waals surface area contributed by atoms with Crippen LogP contribution < -0.4 is 19.7 Å². The molecule has 0 bridgehead atoms. The highest BCUT2D eigenvalue weighted by Gasteiger charge is 2.26. The number of rotatable bonds is 9. The highest BCUT2D eigenvalue weighted by molar-refractivity contribution is 7.80. The van der Waals surface area contributed by atoms with E-state index in [2.05, 4.69) is 26.1 Å². The summed E-state index contributed by atoms with van der Waals surface area (Å²) in [6.07, 6.45) is 3.73. The maximum absolute atomic E-state index is 12.8. The van der Waals surface area contributed by atoms with Gasteiger partial charge in [-0.1, -0.05) is 50.6 Å². The van der Waals surface area contributed by atoms with Gasteiger partial charge in [0.25, 0.3) is 5.91 Å². The number of thiocarbonyl (C=S) groups is 1. The Hall–Kier alpha value is -3.09. The van der Waals surface area contributed by atoms with Crippen LogP contribution in [0.25, 0.3) is 0 Å². The zero-order valence-corrected chi connectivity index (χ0v) is 23.8. The van der Waals surface area contributed by atoms with E-state index in [9.17, 15) is 4.79 Å². The number of amides is 1. The number of anilines is 1. The number of hydrogen-bond acceptors (Lipinski definition) is 4. The minimum atomic E-state index is -0.198. The number of halogens is 1. The summed E-state index contributed by atoms with van der Waals surface area (Å²) in [6, 6.07) is 21.1. The van der Waals surface area contributed by atoms with E-state index < -0.39 is 0 Å². The molecular formula is C31H35ClN2O3S. The lowest BCUT2D eigenvalue weighted by atomic mass is 9.87. The van der Waals surface area contributed by atoms with Crippen molar-refractivity contribution in [2.75, 3.05) is 24.7 Å². The summed E-state index contributed by atoms with van der Waals surface area (Å²) < 4.78 is 11.9. The number of carbonyl (C=O) groups is 1. The van der Waals surface area contributed by atoms with E-state index in [1.54, 1.807) is 0 Å². The van der Waals surface area contributed by atoms with E-state index in [1.807, 2.05) is 71.6 Å². The van der Waals surface area contributed by atoms with Crippen LogP contribution in [0.2, 0.25) is 5.02 Å². The summed E-state index contributed by atoms with van der Waals surface area (Å²) in [6.45, 7) is 8.47. The van der Waals surface area contributed by atoms with Crippen LogP contribution in [-0.4, -0.2) is 30.8 Å². The molecule has 0 atom stereocenters. The van der Waals surface area contributed by atoms with Gasteiger partial charge in [0.15, 0.2) is 5.11 Å². The van der Waals surface area contributed by atoms with Crippen molar-refractivity contribution in [3.05, 3.63) is 88.4 Å². The average Bonchev–Trinajstić information content (AvgIpc) is 3.34. The number of ether oxygens (including phenoxy) is 2. The molecule has 3 aromatic carbocycles. The fourth-order valence-electron chi connectivity index (χ4n) is 4.39. The Morgan fingerprint density at radius 3 is 2.32 bits per heavy atom. The molecule has 5 nitrogen and oxygen atoms in total. The monoisotopic (exact) mass is 550 g/mol. The van der Waals surface area contributed by atoms with Gasteiger partial charge in [-0.3, -0.25) is 10.1 Å². The van der Waals surface area contributed by atoms with Crippen LogP contribution in [-0.2, 0) is 11.8 Å². The van der Waals surface area contributed by atoms with Crippen LogP contribution in [0.5, 0.6) is 11.5 Å². The van der Waals surface area contributed by atoms with Crippen molar-refractivity contribution in [3.63, 3.8) is 0 Å². The number of fused-ring (bicyclic) bond motifs is 1. The molecule has 0 unspecified atom stereocenters. The average molecular weight is 551 g/mol. The van der Waals surface area contributed by atoms with Crippen molar-refractivity contribution >= 4 is 40.5 Å². The normalized spacial score (nSPS) is 12.7. The molecule has 200 valence electrons. The van der Waals surface area contributed by atoms with Crippen LogP contribution in [0.4, 0.5) is 5.69 Å². The van der Waals surface area contributed by atoms with Gasteiger partial charge in [-0.2, -0.15) is 0 Å². The van der Waals surface area contributed by atoms with Gasteiger partial charge in [-0.15, -0.1) is 0 Å². The summed E-state index contributed by atoms with van der Waals surface area (Å²) in [4.78, 5) is 14.8. The number of carbonyl (C=O) groups excluding carboxylic acids is 1. The maximum atomic E-state index is 12.8. The molecule has 1 heterocycles. The van der Waals surface area contributed by atoms with E-state index in [0.717, 1.165) is 48.4 Å². The second kappa shape index (κ2) is 12.6. The summed E-state index contributed by atoms with van der Waals surface area (Å²) in [7, 11) is 0. The largest absolute Gasteiger partial charge is 0.494 e. The van der Waals surface area contributed by atoms with Gasteiger partial charge in [0.05, 0.1) is 18.9 Å². The molecule has 0 fully saturated rings. The SMILES string of the molecule is CC(C)(C)c1ccc(C(=O)NC(=S)N2CCc3c(OCCCCCOc4ccc(Cl)cc4)cccc32)cc1. The first kappa shape index (κ1) is 27.9. The second-order valence-corrected chi connectivity index (χ2v) is 11.3. The predicted octanol–water partition coefficient (Wildman–Crippen LogP) is 7.34. The Bertz CT molecular complexity index is 1250. The Balaban J connectivity index is 1.24. The van der Waals surface area contributed by atoms with E-state index in [0.29, 0.717) is 35.5 Å².